The Morgan fingerprint density at radius 1 is 0.861 bits per heavy atom. The molecule has 6 rings (SSSR count). The normalized spacial score (nSPS) is 13.7. The molecule has 2 amide bonds. The van der Waals surface area contributed by atoms with Crippen molar-refractivity contribution < 1.29 is 9.59 Å². The molecule has 5 aromatic rings. The van der Waals surface area contributed by atoms with Crippen LogP contribution in [0.4, 0.5) is 5.13 Å². The van der Waals surface area contributed by atoms with Gasteiger partial charge >= 0.3 is 0 Å². The van der Waals surface area contributed by atoms with Crippen LogP contribution >= 0.6 is 11.3 Å². The summed E-state index contributed by atoms with van der Waals surface area (Å²) in [6, 6.07) is 22.3. The summed E-state index contributed by atoms with van der Waals surface area (Å²) in [4.78, 5) is 36.1. The molecule has 0 radical (unpaired) electrons. The number of pyridine rings is 2. The number of aromatic nitrogens is 4. The van der Waals surface area contributed by atoms with Gasteiger partial charge in [0.05, 0.1) is 22.7 Å². The number of rotatable bonds is 7. The maximum Gasteiger partial charge on any atom is 0.261 e. The minimum absolute atomic E-state index is 0.206. The maximum atomic E-state index is 13.0. The highest BCUT2D eigenvalue weighted by molar-refractivity contribution is 7.18. The molecule has 0 fully saturated rings. The zero-order valence-corrected chi connectivity index (χ0v) is 19.9. The number of benzene rings is 2. The van der Waals surface area contributed by atoms with Crippen LogP contribution in [0, 0.1) is 0 Å². The third-order valence-electron chi connectivity index (χ3n) is 6.07. The third-order valence-corrected chi connectivity index (χ3v) is 6.94. The van der Waals surface area contributed by atoms with Crippen molar-refractivity contribution in [3.05, 3.63) is 102 Å². The fourth-order valence-electron chi connectivity index (χ4n) is 4.33. The summed E-state index contributed by atoms with van der Waals surface area (Å²) in [5.74, 6) is -0.550. The molecule has 1 aliphatic rings. The standard InChI is InChI=1S/C27H20N6O2S/c34-25-20-8-4-5-9-21(20)26(35)33(25)16-19(14-17-6-2-1-3-7-17)29-27-32-31-24(36-27)23-11-10-18-15-28-13-12-22(18)30-23/h1-13,15,19H,14,16H2,(H,29,32)/t19-/m0/s1. The topological polar surface area (TPSA) is 101 Å². The number of carbonyl (C=O) groups excluding carboxylic acids is 2. The van der Waals surface area contributed by atoms with E-state index >= 15 is 0 Å². The Bertz CT molecular complexity index is 1550. The van der Waals surface area contributed by atoms with Crippen molar-refractivity contribution in [3.63, 3.8) is 0 Å². The predicted molar refractivity (Wildman–Crippen MR) is 138 cm³/mol. The van der Waals surface area contributed by atoms with E-state index in [1.807, 2.05) is 48.5 Å². The predicted octanol–water partition coefficient (Wildman–Crippen LogP) is 4.47. The third kappa shape index (κ3) is 4.20. The second kappa shape index (κ2) is 9.27. The molecule has 9 heteroatoms. The molecule has 1 aliphatic heterocycles. The van der Waals surface area contributed by atoms with E-state index in [1.165, 1.54) is 16.2 Å². The average Bonchev–Trinajstić information content (AvgIpc) is 3.48. The fourth-order valence-corrected chi connectivity index (χ4v) is 5.12. The lowest BCUT2D eigenvalue weighted by molar-refractivity contribution is 0.0647. The monoisotopic (exact) mass is 492 g/mol. The molecule has 0 aliphatic carbocycles. The molecule has 176 valence electrons. The first kappa shape index (κ1) is 22.0. The van der Waals surface area contributed by atoms with Crippen LogP contribution in [0.3, 0.4) is 0 Å². The Morgan fingerprint density at radius 3 is 2.39 bits per heavy atom. The Labute approximate surface area is 210 Å². The lowest BCUT2D eigenvalue weighted by atomic mass is 10.1. The summed E-state index contributed by atoms with van der Waals surface area (Å²) < 4.78 is 0. The van der Waals surface area contributed by atoms with Gasteiger partial charge in [0.2, 0.25) is 5.13 Å². The lowest BCUT2D eigenvalue weighted by Gasteiger charge is -2.23. The van der Waals surface area contributed by atoms with Gasteiger partial charge in [-0.1, -0.05) is 53.8 Å². The van der Waals surface area contributed by atoms with Crippen molar-refractivity contribution in [2.75, 3.05) is 11.9 Å². The van der Waals surface area contributed by atoms with Gasteiger partial charge in [-0.15, -0.1) is 10.2 Å². The van der Waals surface area contributed by atoms with Crippen molar-refractivity contribution in [3.8, 4) is 10.7 Å². The molecule has 0 spiro atoms. The molecule has 0 bridgehead atoms. The van der Waals surface area contributed by atoms with E-state index in [1.54, 1.807) is 36.7 Å². The van der Waals surface area contributed by atoms with Gasteiger partial charge in [0.25, 0.3) is 11.8 Å². The Morgan fingerprint density at radius 2 is 1.61 bits per heavy atom. The van der Waals surface area contributed by atoms with Crippen molar-refractivity contribution >= 4 is 39.2 Å². The van der Waals surface area contributed by atoms with Crippen molar-refractivity contribution in [1.29, 1.82) is 0 Å². The van der Waals surface area contributed by atoms with Gasteiger partial charge in [-0.25, -0.2) is 4.98 Å². The molecular formula is C27H20N6O2S. The molecule has 1 N–H and O–H groups in total. The van der Waals surface area contributed by atoms with Crippen molar-refractivity contribution in [2.24, 2.45) is 0 Å². The largest absolute Gasteiger partial charge is 0.355 e. The van der Waals surface area contributed by atoms with Crippen molar-refractivity contribution in [1.82, 2.24) is 25.1 Å². The molecule has 1 atom stereocenters. The summed E-state index contributed by atoms with van der Waals surface area (Å²) in [6.45, 7) is 0.206. The summed E-state index contributed by atoms with van der Waals surface area (Å²) in [5, 5.41) is 14.3. The van der Waals surface area contributed by atoms with Gasteiger partial charge in [-0.2, -0.15) is 0 Å². The number of hydrogen-bond donors (Lipinski definition) is 1. The highest BCUT2D eigenvalue weighted by Gasteiger charge is 2.36. The van der Waals surface area contributed by atoms with Crippen LogP contribution in [0.25, 0.3) is 21.6 Å². The zero-order chi connectivity index (χ0) is 24.5. The molecule has 0 saturated carbocycles. The first-order valence-electron chi connectivity index (χ1n) is 11.5. The summed E-state index contributed by atoms with van der Waals surface area (Å²) >= 11 is 1.38. The van der Waals surface area contributed by atoms with Gasteiger partial charge < -0.3 is 5.32 Å². The molecule has 2 aromatic carbocycles. The maximum absolute atomic E-state index is 13.0. The summed E-state index contributed by atoms with van der Waals surface area (Å²) in [6.07, 6.45) is 4.08. The number of fused-ring (bicyclic) bond motifs is 2. The molecule has 8 nitrogen and oxygen atoms in total. The highest BCUT2D eigenvalue weighted by Crippen LogP contribution is 2.28. The Hall–Kier alpha value is -4.50. The molecule has 0 saturated heterocycles. The SMILES string of the molecule is O=C1c2ccccc2C(=O)N1C[C@H](Cc1ccccc1)Nc1nnc(-c2ccc3cnccc3n2)s1. The van der Waals surface area contributed by atoms with Crippen LogP contribution in [0.15, 0.2) is 85.2 Å². The van der Waals surface area contributed by atoms with Crippen molar-refractivity contribution in [2.45, 2.75) is 12.5 Å². The van der Waals surface area contributed by atoms with Crippen LogP contribution in [0.1, 0.15) is 26.3 Å². The summed E-state index contributed by atoms with van der Waals surface area (Å²) in [5.41, 5.74) is 3.52. The smallest absolute Gasteiger partial charge is 0.261 e. The first-order chi connectivity index (χ1) is 17.7. The van der Waals surface area contributed by atoms with Crippen LogP contribution in [0.2, 0.25) is 0 Å². The van der Waals surface area contributed by atoms with Gasteiger partial charge in [0.1, 0.15) is 5.69 Å². The van der Waals surface area contributed by atoms with E-state index in [-0.39, 0.29) is 24.4 Å². The number of amides is 2. The number of imide groups is 1. The molecular weight excluding hydrogens is 472 g/mol. The highest BCUT2D eigenvalue weighted by atomic mass is 32.1. The zero-order valence-electron chi connectivity index (χ0n) is 19.0. The second-order valence-corrected chi connectivity index (χ2v) is 9.45. The van der Waals surface area contributed by atoms with E-state index in [0.717, 1.165) is 22.2 Å². The first-order valence-corrected chi connectivity index (χ1v) is 12.3. The number of nitrogens with one attached hydrogen (secondary N) is 1. The number of hydrogen-bond acceptors (Lipinski definition) is 8. The van der Waals surface area contributed by atoms with Crippen LogP contribution < -0.4 is 5.32 Å². The number of anilines is 1. The fraction of sp³-hybridized carbons (Fsp3) is 0.111. The lowest BCUT2D eigenvalue weighted by Crippen LogP contribution is -2.41. The van der Waals surface area contributed by atoms with E-state index < -0.39 is 0 Å². The van der Waals surface area contributed by atoms with Crippen LogP contribution in [-0.4, -0.2) is 49.5 Å². The minimum Gasteiger partial charge on any atom is -0.355 e. The molecule has 36 heavy (non-hydrogen) atoms. The van der Waals surface area contributed by atoms with E-state index in [2.05, 4.69) is 25.5 Å². The van der Waals surface area contributed by atoms with E-state index in [4.69, 9.17) is 0 Å². The minimum atomic E-state index is -0.275. The Balaban J connectivity index is 1.26. The second-order valence-electron chi connectivity index (χ2n) is 8.47. The van der Waals surface area contributed by atoms with Gasteiger partial charge in [0.15, 0.2) is 5.01 Å². The van der Waals surface area contributed by atoms with Gasteiger partial charge in [0, 0.05) is 24.3 Å². The van der Waals surface area contributed by atoms with E-state index in [9.17, 15) is 9.59 Å². The Kier molecular flexibility index (Phi) is 5.67. The number of carbonyl (C=O) groups is 2. The molecule has 3 aromatic heterocycles. The molecule has 0 unspecified atom stereocenters. The summed E-state index contributed by atoms with van der Waals surface area (Å²) in [7, 11) is 0. The van der Waals surface area contributed by atoms with Gasteiger partial charge in [-0.05, 0) is 42.3 Å². The van der Waals surface area contributed by atoms with Crippen LogP contribution in [-0.2, 0) is 6.42 Å². The van der Waals surface area contributed by atoms with E-state index in [0.29, 0.717) is 27.7 Å². The quantitative estimate of drug-likeness (QED) is 0.335. The number of nitrogens with zero attached hydrogens (tertiary/aromatic N) is 5. The average molecular weight is 493 g/mol. The molecule has 4 heterocycles. The van der Waals surface area contributed by atoms with Crippen LogP contribution in [0.5, 0.6) is 0 Å². The van der Waals surface area contributed by atoms with Gasteiger partial charge in [-0.3, -0.25) is 19.5 Å².